The quantitative estimate of drug-likeness (QED) is 0.0201. The summed E-state index contributed by atoms with van der Waals surface area (Å²) in [5.41, 5.74) is 0. The van der Waals surface area contributed by atoms with E-state index in [1.54, 1.807) is 6.08 Å². The molecule has 506 valence electrons. The van der Waals surface area contributed by atoms with Crippen molar-refractivity contribution in [3.63, 3.8) is 0 Å². The Kier molecular flexibility index (Phi) is 45.3. The van der Waals surface area contributed by atoms with Crippen LogP contribution in [0.3, 0.4) is 0 Å². The average Bonchev–Trinajstić information content (AvgIpc) is 2.79. The molecule has 0 aromatic rings. The number of hydrogen-bond acceptors (Lipinski definition) is 18. The van der Waals surface area contributed by atoms with Crippen LogP contribution in [-0.4, -0.2) is 193 Å². The van der Waals surface area contributed by atoms with Crippen molar-refractivity contribution < 1.29 is 89.4 Å². The molecule has 1 amide bonds. The molecule has 3 fully saturated rings. The fraction of sp³-hybridized carbons (Fsp3) is 0.838. The molecule has 0 saturated carbocycles. The van der Waals surface area contributed by atoms with Crippen LogP contribution < -0.4 is 5.32 Å². The van der Waals surface area contributed by atoms with Crippen molar-refractivity contribution in [1.29, 1.82) is 0 Å². The van der Waals surface area contributed by atoms with E-state index in [9.17, 15) is 61.0 Å². The first-order valence-corrected chi connectivity index (χ1v) is 34.0. The summed E-state index contributed by atoms with van der Waals surface area (Å²) in [6, 6.07) is -1.01. The fourth-order valence-electron chi connectivity index (χ4n) is 11.3. The molecule has 3 heterocycles. The molecule has 12 N–H and O–H groups in total. The summed E-state index contributed by atoms with van der Waals surface area (Å²) in [5.74, 6) is -0.355. The SMILES string of the molecule is CC/C=C\C/C=C\C/C=C\C/C=C\CCC(=O)NC(COC1OC(CO)C(OC2OC(CO)C(OC3OC(CO)C(O)C(O)C3O)C(O)C2O)C(O)C1O)C(O)/C=C/CCCCCCCCCCCCCCCCCCCCCCCCCCCCC. The predicted molar refractivity (Wildman–Crippen MR) is 337 cm³/mol. The number of aliphatic hydroxyl groups excluding tert-OH is 11. The molecule has 0 bridgehead atoms. The molecule has 87 heavy (non-hydrogen) atoms. The summed E-state index contributed by atoms with van der Waals surface area (Å²) in [6.07, 6.45) is 33.9. The van der Waals surface area contributed by atoms with Gasteiger partial charge in [-0.3, -0.25) is 4.79 Å². The van der Waals surface area contributed by atoms with Crippen LogP contribution in [0.25, 0.3) is 0 Å². The van der Waals surface area contributed by atoms with Crippen molar-refractivity contribution in [2.24, 2.45) is 0 Å². The second kappa shape index (κ2) is 50.1. The molecular formula is C68H121NO18. The van der Waals surface area contributed by atoms with Crippen molar-refractivity contribution in [2.75, 3.05) is 26.4 Å². The minimum absolute atomic E-state index is 0.120. The number of nitrogens with one attached hydrogen (secondary N) is 1. The zero-order valence-electron chi connectivity index (χ0n) is 53.2. The number of amides is 1. The van der Waals surface area contributed by atoms with E-state index in [1.165, 1.54) is 154 Å². The lowest BCUT2D eigenvalue weighted by molar-refractivity contribution is -0.379. The first kappa shape index (κ1) is 78.7. The average molecular weight is 1240 g/mol. The molecular weight excluding hydrogens is 1120 g/mol. The summed E-state index contributed by atoms with van der Waals surface area (Å²) in [5, 5.41) is 120. The second-order valence-corrected chi connectivity index (χ2v) is 24.3. The van der Waals surface area contributed by atoms with Gasteiger partial charge in [-0.15, -0.1) is 0 Å². The topological polar surface area (TPSA) is 307 Å². The lowest BCUT2D eigenvalue weighted by Crippen LogP contribution is -2.66. The number of carbonyl (C=O) groups is 1. The highest BCUT2D eigenvalue weighted by Gasteiger charge is 2.53. The van der Waals surface area contributed by atoms with Gasteiger partial charge >= 0.3 is 0 Å². The number of allylic oxidation sites excluding steroid dienone is 9. The molecule has 0 aromatic carbocycles. The maximum atomic E-state index is 13.3. The second-order valence-electron chi connectivity index (χ2n) is 24.3. The van der Waals surface area contributed by atoms with E-state index in [-0.39, 0.29) is 18.9 Å². The molecule has 17 atom stereocenters. The van der Waals surface area contributed by atoms with E-state index in [0.29, 0.717) is 12.8 Å². The number of aliphatic hydroxyl groups is 11. The van der Waals surface area contributed by atoms with Crippen LogP contribution in [0.4, 0.5) is 0 Å². The summed E-state index contributed by atoms with van der Waals surface area (Å²) in [6.45, 7) is 1.56. The molecule has 0 radical (unpaired) electrons. The Hall–Kier alpha value is -2.51. The normalized spacial score (nSPS) is 29.0. The summed E-state index contributed by atoms with van der Waals surface area (Å²) >= 11 is 0. The largest absolute Gasteiger partial charge is 0.394 e. The van der Waals surface area contributed by atoms with Gasteiger partial charge in [-0.2, -0.15) is 0 Å². The van der Waals surface area contributed by atoms with Crippen LogP contribution in [0.1, 0.15) is 232 Å². The molecule has 3 aliphatic rings. The molecule has 0 aliphatic carbocycles. The van der Waals surface area contributed by atoms with Crippen LogP contribution in [0.2, 0.25) is 0 Å². The van der Waals surface area contributed by atoms with E-state index in [2.05, 4.69) is 55.6 Å². The van der Waals surface area contributed by atoms with E-state index < -0.39 is 124 Å². The first-order chi connectivity index (χ1) is 42.3. The highest BCUT2D eigenvalue weighted by atomic mass is 16.8. The Bertz CT molecular complexity index is 1820. The lowest BCUT2D eigenvalue weighted by atomic mass is 9.96. The number of rotatable bonds is 51. The van der Waals surface area contributed by atoms with Crippen LogP contribution in [-0.2, 0) is 33.2 Å². The van der Waals surface area contributed by atoms with Crippen molar-refractivity contribution in [3.05, 3.63) is 60.8 Å². The monoisotopic (exact) mass is 1240 g/mol. The third kappa shape index (κ3) is 32.6. The van der Waals surface area contributed by atoms with Gasteiger partial charge < -0.3 is 89.9 Å². The van der Waals surface area contributed by atoms with E-state index in [4.69, 9.17) is 28.4 Å². The number of ether oxygens (including phenoxy) is 6. The van der Waals surface area contributed by atoms with Crippen molar-refractivity contribution in [2.45, 2.75) is 336 Å². The Morgan fingerprint density at radius 3 is 1.22 bits per heavy atom. The van der Waals surface area contributed by atoms with Gasteiger partial charge in [-0.1, -0.05) is 242 Å². The minimum atomic E-state index is -1.99. The molecule has 0 aromatic heterocycles. The fourth-order valence-corrected chi connectivity index (χ4v) is 11.3. The van der Waals surface area contributed by atoms with Gasteiger partial charge in [-0.05, 0) is 44.9 Å². The van der Waals surface area contributed by atoms with Gasteiger partial charge in [0.2, 0.25) is 5.91 Å². The zero-order valence-corrected chi connectivity index (χ0v) is 53.2. The molecule has 3 aliphatic heterocycles. The van der Waals surface area contributed by atoms with Crippen molar-refractivity contribution in [1.82, 2.24) is 5.32 Å². The Balaban J connectivity index is 1.42. The number of hydrogen-bond donors (Lipinski definition) is 12. The summed E-state index contributed by atoms with van der Waals surface area (Å²) in [4.78, 5) is 13.3. The van der Waals surface area contributed by atoms with Gasteiger partial charge in [0, 0.05) is 6.42 Å². The summed E-state index contributed by atoms with van der Waals surface area (Å²) in [7, 11) is 0. The van der Waals surface area contributed by atoms with Gasteiger partial charge in [0.05, 0.1) is 38.6 Å². The zero-order chi connectivity index (χ0) is 63.3. The van der Waals surface area contributed by atoms with Crippen LogP contribution in [0, 0.1) is 0 Å². The highest BCUT2D eigenvalue weighted by molar-refractivity contribution is 5.76. The Morgan fingerprint density at radius 2 is 0.793 bits per heavy atom. The van der Waals surface area contributed by atoms with Crippen LogP contribution in [0.5, 0.6) is 0 Å². The minimum Gasteiger partial charge on any atom is -0.394 e. The van der Waals surface area contributed by atoms with Crippen LogP contribution in [0.15, 0.2) is 60.8 Å². The molecule has 0 spiro atoms. The number of carbonyl (C=O) groups excluding carboxylic acids is 1. The molecule has 17 unspecified atom stereocenters. The predicted octanol–water partition coefficient (Wildman–Crippen LogP) is 8.38. The van der Waals surface area contributed by atoms with Gasteiger partial charge in [-0.25, -0.2) is 0 Å². The summed E-state index contributed by atoms with van der Waals surface area (Å²) < 4.78 is 34.2. The maximum Gasteiger partial charge on any atom is 0.220 e. The molecule has 3 saturated heterocycles. The Labute approximate surface area is 522 Å². The third-order valence-corrected chi connectivity index (χ3v) is 16.8. The van der Waals surface area contributed by atoms with Gasteiger partial charge in [0.25, 0.3) is 0 Å². The smallest absolute Gasteiger partial charge is 0.220 e. The van der Waals surface area contributed by atoms with E-state index >= 15 is 0 Å². The van der Waals surface area contributed by atoms with Gasteiger partial charge in [0.15, 0.2) is 18.9 Å². The molecule has 19 heteroatoms. The van der Waals surface area contributed by atoms with Gasteiger partial charge in [0.1, 0.15) is 73.2 Å². The van der Waals surface area contributed by atoms with Crippen molar-refractivity contribution >= 4 is 5.91 Å². The maximum absolute atomic E-state index is 13.3. The lowest BCUT2D eigenvalue weighted by Gasteiger charge is -2.48. The molecule has 19 nitrogen and oxygen atoms in total. The van der Waals surface area contributed by atoms with E-state index in [1.807, 2.05) is 18.2 Å². The molecule has 3 rings (SSSR count). The van der Waals surface area contributed by atoms with Crippen molar-refractivity contribution in [3.8, 4) is 0 Å². The standard InChI is InChI=1S/C68H121NO18/c1-3-5-7-9-11-13-15-17-18-19-20-21-22-23-24-25-26-27-28-29-30-31-32-34-35-37-39-41-43-45-52(73)51(69-56(74)46-44-42-40-38-36-33-16-14-12-10-8-6-4-2)50-82-66-62(80)59(77)64(54(48-71)84-66)87-68-63(81)60(78)65(55(49-72)85-68)86-67-61(79)58(76)57(75)53(47-70)83-67/h6,8,12,14,33,36,40,42-43,45,51-55,57-68,70-73,75-81H,3-5,7,9-11,13,15-32,34-35,37-39,41,44,46-50H2,1-2H3,(H,69,74)/b8-6-,14-12-,36-33-,42-40-,45-43+. The third-order valence-electron chi connectivity index (χ3n) is 16.8. The number of unbranched alkanes of at least 4 members (excludes halogenated alkanes) is 27. The highest BCUT2D eigenvalue weighted by Crippen LogP contribution is 2.33. The first-order valence-electron chi connectivity index (χ1n) is 34.0. The van der Waals surface area contributed by atoms with E-state index in [0.717, 1.165) is 44.9 Å². The van der Waals surface area contributed by atoms with Crippen LogP contribution >= 0.6 is 0 Å². The Morgan fingerprint density at radius 1 is 0.425 bits per heavy atom.